The SMILES string of the molecule is O=C1CCCN1CC(=O)N1CCCCC1CN1CCOCC1. The van der Waals surface area contributed by atoms with Crippen LogP contribution in [0.4, 0.5) is 0 Å². The molecule has 1 atom stereocenters. The number of likely N-dealkylation sites (tertiary alicyclic amines) is 2. The predicted octanol–water partition coefficient (Wildman–Crippen LogP) is 0.322. The van der Waals surface area contributed by atoms with E-state index in [0.717, 1.165) is 65.2 Å². The van der Waals surface area contributed by atoms with Crippen molar-refractivity contribution >= 4 is 11.8 Å². The minimum atomic E-state index is 0.133. The van der Waals surface area contributed by atoms with Crippen molar-refractivity contribution in [1.29, 1.82) is 0 Å². The topological polar surface area (TPSA) is 53.1 Å². The number of nitrogens with zero attached hydrogens (tertiary/aromatic N) is 3. The maximum atomic E-state index is 12.6. The van der Waals surface area contributed by atoms with Gasteiger partial charge in [0.15, 0.2) is 0 Å². The van der Waals surface area contributed by atoms with Gasteiger partial charge in [0.1, 0.15) is 0 Å². The van der Waals surface area contributed by atoms with Crippen molar-refractivity contribution in [2.24, 2.45) is 0 Å². The molecule has 3 aliphatic heterocycles. The van der Waals surface area contributed by atoms with E-state index in [0.29, 0.717) is 12.5 Å². The number of rotatable bonds is 4. The van der Waals surface area contributed by atoms with Gasteiger partial charge in [0, 0.05) is 45.2 Å². The summed E-state index contributed by atoms with van der Waals surface area (Å²) in [7, 11) is 0. The Balaban J connectivity index is 1.56. The number of amides is 2. The molecule has 22 heavy (non-hydrogen) atoms. The van der Waals surface area contributed by atoms with E-state index < -0.39 is 0 Å². The van der Waals surface area contributed by atoms with Gasteiger partial charge in [0.25, 0.3) is 0 Å². The second-order valence-corrected chi connectivity index (χ2v) is 6.57. The Morgan fingerprint density at radius 2 is 1.91 bits per heavy atom. The normalized spacial score (nSPS) is 27.5. The van der Waals surface area contributed by atoms with Gasteiger partial charge >= 0.3 is 0 Å². The van der Waals surface area contributed by atoms with Gasteiger partial charge in [-0.15, -0.1) is 0 Å². The highest BCUT2D eigenvalue weighted by Crippen LogP contribution is 2.20. The zero-order chi connectivity index (χ0) is 15.4. The van der Waals surface area contributed by atoms with Crippen molar-refractivity contribution in [2.75, 3.05) is 52.5 Å². The molecule has 3 heterocycles. The number of morpholine rings is 1. The van der Waals surface area contributed by atoms with Crippen molar-refractivity contribution < 1.29 is 14.3 Å². The highest BCUT2D eigenvalue weighted by molar-refractivity contribution is 5.86. The van der Waals surface area contributed by atoms with Gasteiger partial charge in [0.05, 0.1) is 19.8 Å². The summed E-state index contributed by atoms with van der Waals surface area (Å²) in [5, 5.41) is 0. The van der Waals surface area contributed by atoms with Crippen LogP contribution in [0.2, 0.25) is 0 Å². The van der Waals surface area contributed by atoms with Gasteiger partial charge in [0.2, 0.25) is 11.8 Å². The number of hydrogen-bond donors (Lipinski definition) is 0. The standard InChI is InChI=1S/C16H27N3O3/c20-15-5-3-6-18(15)13-16(21)19-7-2-1-4-14(19)12-17-8-10-22-11-9-17/h14H,1-13H2. The highest BCUT2D eigenvalue weighted by Gasteiger charge is 2.31. The summed E-state index contributed by atoms with van der Waals surface area (Å²) in [6, 6.07) is 0.303. The van der Waals surface area contributed by atoms with E-state index in [1.807, 2.05) is 4.90 Å². The summed E-state index contributed by atoms with van der Waals surface area (Å²) in [4.78, 5) is 30.5. The van der Waals surface area contributed by atoms with E-state index in [1.54, 1.807) is 4.90 Å². The maximum absolute atomic E-state index is 12.6. The highest BCUT2D eigenvalue weighted by atomic mass is 16.5. The van der Waals surface area contributed by atoms with Crippen LogP contribution >= 0.6 is 0 Å². The van der Waals surface area contributed by atoms with Gasteiger partial charge in [-0.05, 0) is 25.7 Å². The first kappa shape index (κ1) is 15.7. The van der Waals surface area contributed by atoms with Crippen LogP contribution in [-0.2, 0) is 14.3 Å². The molecule has 0 bridgehead atoms. The van der Waals surface area contributed by atoms with Crippen molar-refractivity contribution in [3.8, 4) is 0 Å². The summed E-state index contributed by atoms with van der Waals surface area (Å²) in [5.74, 6) is 0.267. The van der Waals surface area contributed by atoms with E-state index in [4.69, 9.17) is 4.74 Å². The first-order valence-electron chi connectivity index (χ1n) is 8.61. The molecule has 3 aliphatic rings. The largest absolute Gasteiger partial charge is 0.379 e. The Labute approximate surface area is 132 Å². The lowest BCUT2D eigenvalue weighted by Gasteiger charge is -2.40. The zero-order valence-electron chi connectivity index (χ0n) is 13.3. The number of carbonyl (C=O) groups excluding carboxylic acids is 2. The van der Waals surface area contributed by atoms with Gasteiger partial charge in [-0.1, -0.05) is 0 Å². The number of piperidine rings is 1. The van der Waals surface area contributed by atoms with Crippen LogP contribution in [-0.4, -0.2) is 85.0 Å². The van der Waals surface area contributed by atoms with Crippen LogP contribution in [0.5, 0.6) is 0 Å². The van der Waals surface area contributed by atoms with Crippen molar-refractivity contribution in [3.05, 3.63) is 0 Å². The molecule has 0 aliphatic carbocycles. The third-order valence-electron chi connectivity index (χ3n) is 5.02. The average Bonchev–Trinajstić information content (AvgIpc) is 2.94. The van der Waals surface area contributed by atoms with E-state index in [9.17, 15) is 9.59 Å². The van der Waals surface area contributed by atoms with Crippen LogP contribution in [0, 0.1) is 0 Å². The quantitative estimate of drug-likeness (QED) is 0.751. The molecule has 0 saturated carbocycles. The number of ether oxygens (including phenoxy) is 1. The van der Waals surface area contributed by atoms with E-state index >= 15 is 0 Å². The summed E-state index contributed by atoms with van der Waals surface area (Å²) >= 11 is 0. The van der Waals surface area contributed by atoms with Crippen LogP contribution in [0.3, 0.4) is 0 Å². The summed E-state index contributed by atoms with van der Waals surface area (Å²) in [6.07, 6.45) is 4.85. The van der Waals surface area contributed by atoms with Crippen LogP contribution in [0.1, 0.15) is 32.1 Å². The smallest absolute Gasteiger partial charge is 0.242 e. The molecule has 0 N–H and O–H groups in total. The van der Waals surface area contributed by atoms with Gasteiger partial charge in [-0.25, -0.2) is 0 Å². The van der Waals surface area contributed by atoms with E-state index in [-0.39, 0.29) is 18.4 Å². The second kappa shape index (κ2) is 7.42. The molecule has 124 valence electrons. The number of hydrogen-bond acceptors (Lipinski definition) is 4. The van der Waals surface area contributed by atoms with Crippen molar-refractivity contribution in [1.82, 2.24) is 14.7 Å². The van der Waals surface area contributed by atoms with Crippen LogP contribution in [0.15, 0.2) is 0 Å². The Bertz CT molecular complexity index is 409. The molecule has 6 heteroatoms. The van der Waals surface area contributed by atoms with Gasteiger partial charge in [-0.3, -0.25) is 14.5 Å². The lowest BCUT2D eigenvalue weighted by Crippen LogP contribution is -2.53. The first-order chi connectivity index (χ1) is 10.7. The van der Waals surface area contributed by atoms with Crippen molar-refractivity contribution in [2.45, 2.75) is 38.1 Å². The molecule has 1 unspecified atom stereocenters. The van der Waals surface area contributed by atoms with Gasteiger partial charge in [-0.2, -0.15) is 0 Å². The molecule has 3 fully saturated rings. The summed E-state index contributed by atoms with van der Waals surface area (Å²) in [6.45, 7) is 6.32. The fourth-order valence-corrected chi connectivity index (χ4v) is 3.73. The number of carbonyl (C=O) groups is 2. The monoisotopic (exact) mass is 309 g/mol. The average molecular weight is 309 g/mol. The molecular weight excluding hydrogens is 282 g/mol. The van der Waals surface area contributed by atoms with E-state index in [1.165, 1.54) is 6.42 Å². The van der Waals surface area contributed by atoms with Crippen LogP contribution in [0.25, 0.3) is 0 Å². The Hall–Kier alpha value is -1.14. The maximum Gasteiger partial charge on any atom is 0.242 e. The molecule has 0 radical (unpaired) electrons. The fraction of sp³-hybridized carbons (Fsp3) is 0.875. The molecule has 2 amide bonds. The molecule has 0 aromatic heterocycles. The summed E-state index contributed by atoms with van der Waals surface area (Å²) in [5.41, 5.74) is 0. The zero-order valence-corrected chi connectivity index (χ0v) is 13.3. The third-order valence-corrected chi connectivity index (χ3v) is 5.02. The van der Waals surface area contributed by atoms with E-state index in [2.05, 4.69) is 4.90 Å². The first-order valence-corrected chi connectivity index (χ1v) is 8.61. The lowest BCUT2D eigenvalue weighted by molar-refractivity contribution is -0.141. The molecule has 0 spiro atoms. The minimum Gasteiger partial charge on any atom is -0.379 e. The third kappa shape index (κ3) is 3.79. The van der Waals surface area contributed by atoms with Crippen LogP contribution < -0.4 is 0 Å². The minimum absolute atomic E-state index is 0.133. The molecular formula is C16H27N3O3. The van der Waals surface area contributed by atoms with Crippen molar-refractivity contribution in [3.63, 3.8) is 0 Å². The molecule has 0 aromatic carbocycles. The Morgan fingerprint density at radius 1 is 1.09 bits per heavy atom. The molecule has 0 aromatic rings. The predicted molar refractivity (Wildman–Crippen MR) is 82.4 cm³/mol. The fourth-order valence-electron chi connectivity index (χ4n) is 3.73. The molecule has 6 nitrogen and oxygen atoms in total. The Kier molecular flexibility index (Phi) is 5.31. The second-order valence-electron chi connectivity index (χ2n) is 6.57. The summed E-state index contributed by atoms with van der Waals surface area (Å²) < 4.78 is 5.40. The molecule has 3 rings (SSSR count). The lowest BCUT2D eigenvalue weighted by atomic mass is 10.0. The molecule has 3 saturated heterocycles. The Morgan fingerprint density at radius 3 is 2.64 bits per heavy atom. The van der Waals surface area contributed by atoms with Gasteiger partial charge < -0.3 is 14.5 Å².